The van der Waals surface area contributed by atoms with Gasteiger partial charge in [-0.2, -0.15) is 0 Å². The number of amides is 1. The molecule has 0 bridgehead atoms. The van der Waals surface area contributed by atoms with Gasteiger partial charge in [0.25, 0.3) is 0 Å². The summed E-state index contributed by atoms with van der Waals surface area (Å²) in [6.45, 7) is 6.50. The monoisotopic (exact) mass is 231 g/mol. The van der Waals surface area contributed by atoms with Crippen LogP contribution in [0.2, 0.25) is 0 Å². The van der Waals surface area contributed by atoms with Crippen molar-refractivity contribution in [2.75, 3.05) is 6.54 Å². The summed E-state index contributed by atoms with van der Waals surface area (Å²) in [5.41, 5.74) is -0.632. The van der Waals surface area contributed by atoms with Crippen LogP contribution < -0.4 is 0 Å². The molecule has 1 aliphatic heterocycles. The second kappa shape index (κ2) is 4.39. The molecule has 1 amide bonds. The number of alkyl halides is 1. The van der Waals surface area contributed by atoms with Crippen molar-refractivity contribution in [2.45, 2.75) is 51.9 Å². The normalized spacial score (nSPS) is 25.7. The Hall–Kier alpha value is -1.13. The van der Waals surface area contributed by atoms with E-state index in [1.54, 1.807) is 20.8 Å². The molecule has 0 spiro atoms. The van der Waals surface area contributed by atoms with Crippen LogP contribution in [-0.2, 0) is 9.53 Å². The van der Waals surface area contributed by atoms with Crippen molar-refractivity contribution in [2.24, 2.45) is 0 Å². The zero-order valence-electron chi connectivity index (χ0n) is 10.1. The third kappa shape index (κ3) is 3.18. The van der Waals surface area contributed by atoms with E-state index >= 15 is 0 Å². The molecule has 92 valence electrons. The molecule has 1 heterocycles. The molecule has 5 heteroatoms. The minimum absolute atomic E-state index is 0.0564. The highest BCUT2D eigenvalue weighted by molar-refractivity contribution is 5.86. The topological polar surface area (TPSA) is 46.6 Å². The molecule has 2 atom stereocenters. The van der Waals surface area contributed by atoms with Crippen LogP contribution in [0.1, 0.15) is 34.1 Å². The number of hydrogen-bond acceptors (Lipinski definition) is 3. The lowest BCUT2D eigenvalue weighted by atomic mass is 10.1. The van der Waals surface area contributed by atoms with E-state index in [9.17, 15) is 14.0 Å². The van der Waals surface area contributed by atoms with Crippen LogP contribution in [0.4, 0.5) is 9.18 Å². The molecule has 4 nitrogen and oxygen atoms in total. The molecule has 0 unspecified atom stereocenters. The minimum atomic E-state index is -1.14. The van der Waals surface area contributed by atoms with Crippen molar-refractivity contribution in [3.05, 3.63) is 0 Å². The van der Waals surface area contributed by atoms with E-state index in [1.807, 2.05) is 0 Å². The number of ketones is 1. The van der Waals surface area contributed by atoms with E-state index in [0.717, 1.165) is 0 Å². The van der Waals surface area contributed by atoms with Gasteiger partial charge < -0.3 is 4.74 Å². The van der Waals surface area contributed by atoms with Gasteiger partial charge in [-0.3, -0.25) is 9.69 Å². The predicted molar refractivity (Wildman–Crippen MR) is 56.9 cm³/mol. The van der Waals surface area contributed by atoms with Gasteiger partial charge in [0.15, 0.2) is 5.78 Å². The molecule has 1 saturated heterocycles. The van der Waals surface area contributed by atoms with E-state index in [1.165, 1.54) is 11.8 Å². The predicted octanol–water partition coefficient (Wildman–Crippen LogP) is 1.92. The maximum absolute atomic E-state index is 13.2. The van der Waals surface area contributed by atoms with Crippen molar-refractivity contribution in [3.8, 4) is 0 Å². The lowest BCUT2D eigenvalue weighted by Gasteiger charge is -2.27. The molecule has 0 aromatic rings. The van der Waals surface area contributed by atoms with E-state index in [4.69, 9.17) is 4.74 Å². The van der Waals surface area contributed by atoms with E-state index < -0.39 is 23.9 Å². The average Bonchev–Trinajstić information content (AvgIpc) is 2.44. The quantitative estimate of drug-likeness (QED) is 0.692. The fourth-order valence-electron chi connectivity index (χ4n) is 1.69. The van der Waals surface area contributed by atoms with Crippen molar-refractivity contribution in [3.63, 3.8) is 0 Å². The van der Waals surface area contributed by atoms with Gasteiger partial charge in [0.1, 0.15) is 11.8 Å². The molecular formula is C11H18FNO3. The van der Waals surface area contributed by atoms with Gasteiger partial charge in [-0.25, -0.2) is 9.18 Å². The first-order chi connectivity index (χ1) is 7.20. The summed E-state index contributed by atoms with van der Waals surface area (Å²) in [6, 6.07) is -0.676. The Morgan fingerprint density at radius 1 is 1.38 bits per heavy atom. The first-order valence-electron chi connectivity index (χ1n) is 5.35. The zero-order chi connectivity index (χ0) is 12.5. The Morgan fingerprint density at radius 3 is 2.38 bits per heavy atom. The SMILES string of the molecule is CC(=O)[C@H]1C[C@H](F)CN1C(=O)OC(C)(C)C. The first kappa shape index (κ1) is 12.9. The van der Waals surface area contributed by atoms with Gasteiger partial charge in [0, 0.05) is 6.42 Å². The maximum Gasteiger partial charge on any atom is 0.411 e. The van der Waals surface area contributed by atoms with Crippen LogP contribution in [-0.4, -0.2) is 41.1 Å². The maximum atomic E-state index is 13.2. The summed E-state index contributed by atoms with van der Waals surface area (Å²) in [6.07, 6.45) is -1.68. The van der Waals surface area contributed by atoms with E-state index in [-0.39, 0.29) is 18.7 Å². The number of hydrogen-bond donors (Lipinski definition) is 0. The summed E-state index contributed by atoms with van der Waals surface area (Å²) in [5.74, 6) is -0.203. The Kier molecular flexibility index (Phi) is 3.55. The smallest absolute Gasteiger partial charge is 0.411 e. The molecule has 16 heavy (non-hydrogen) atoms. The number of carbonyl (C=O) groups is 2. The van der Waals surface area contributed by atoms with E-state index in [0.29, 0.717) is 0 Å². The van der Waals surface area contributed by atoms with Crippen LogP contribution in [0.15, 0.2) is 0 Å². The average molecular weight is 231 g/mol. The molecular weight excluding hydrogens is 213 g/mol. The molecule has 0 aromatic heterocycles. The van der Waals surface area contributed by atoms with Crippen LogP contribution in [0.25, 0.3) is 0 Å². The number of likely N-dealkylation sites (tertiary alicyclic amines) is 1. The summed E-state index contributed by atoms with van der Waals surface area (Å²) in [4.78, 5) is 24.1. The number of ether oxygens (including phenoxy) is 1. The fraction of sp³-hybridized carbons (Fsp3) is 0.818. The molecule has 1 rings (SSSR count). The second-order valence-electron chi connectivity index (χ2n) is 5.09. The fourth-order valence-corrected chi connectivity index (χ4v) is 1.69. The van der Waals surface area contributed by atoms with Gasteiger partial charge in [0.2, 0.25) is 0 Å². The van der Waals surface area contributed by atoms with Crippen molar-refractivity contribution < 1.29 is 18.7 Å². The molecule has 1 aliphatic rings. The second-order valence-corrected chi connectivity index (χ2v) is 5.09. The largest absolute Gasteiger partial charge is 0.444 e. The third-order valence-corrected chi connectivity index (χ3v) is 2.35. The lowest BCUT2D eigenvalue weighted by Crippen LogP contribution is -2.42. The first-order valence-corrected chi connectivity index (χ1v) is 5.35. The van der Waals surface area contributed by atoms with Crippen LogP contribution in [0, 0.1) is 0 Å². The van der Waals surface area contributed by atoms with Crippen molar-refractivity contribution in [1.82, 2.24) is 4.90 Å². The summed E-state index contributed by atoms with van der Waals surface area (Å²) < 4.78 is 18.3. The summed E-state index contributed by atoms with van der Waals surface area (Å²) in [5, 5.41) is 0. The van der Waals surface area contributed by atoms with Gasteiger partial charge in [-0.05, 0) is 27.7 Å². The van der Waals surface area contributed by atoms with Gasteiger partial charge in [0.05, 0.1) is 12.6 Å². The van der Waals surface area contributed by atoms with Gasteiger partial charge >= 0.3 is 6.09 Å². The molecule has 1 fully saturated rings. The summed E-state index contributed by atoms with van der Waals surface area (Å²) in [7, 11) is 0. The Labute approximate surface area is 94.7 Å². The molecule has 0 aliphatic carbocycles. The van der Waals surface area contributed by atoms with Crippen LogP contribution in [0.3, 0.4) is 0 Å². The number of carbonyl (C=O) groups excluding carboxylic acids is 2. The standard InChI is InChI=1S/C11H18FNO3/c1-7(14)9-5-8(12)6-13(9)10(15)16-11(2,3)4/h8-9H,5-6H2,1-4H3/t8-,9+/m0/s1. The zero-order valence-corrected chi connectivity index (χ0v) is 10.1. The highest BCUT2D eigenvalue weighted by atomic mass is 19.1. The van der Waals surface area contributed by atoms with Gasteiger partial charge in [-0.1, -0.05) is 0 Å². The highest BCUT2D eigenvalue weighted by Gasteiger charge is 2.39. The number of Topliss-reactive ketones (excluding diaryl/α,β-unsaturated/α-hetero) is 1. The number of halogens is 1. The summed E-state index contributed by atoms with van der Waals surface area (Å²) >= 11 is 0. The molecule has 0 N–H and O–H groups in total. The third-order valence-electron chi connectivity index (χ3n) is 2.35. The van der Waals surface area contributed by atoms with Crippen molar-refractivity contribution >= 4 is 11.9 Å². The van der Waals surface area contributed by atoms with Crippen LogP contribution >= 0.6 is 0 Å². The Bertz CT molecular complexity index is 298. The van der Waals surface area contributed by atoms with Crippen molar-refractivity contribution in [1.29, 1.82) is 0 Å². The Morgan fingerprint density at radius 2 is 1.94 bits per heavy atom. The Balaban J connectivity index is 2.71. The number of rotatable bonds is 1. The highest BCUT2D eigenvalue weighted by Crippen LogP contribution is 2.23. The molecule has 0 radical (unpaired) electrons. The van der Waals surface area contributed by atoms with Crippen LogP contribution in [0.5, 0.6) is 0 Å². The van der Waals surface area contributed by atoms with Gasteiger partial charge in [-0.15, -0.1) is 0 Å². The molecule has 0 aromatic carbocycles. The lowest BCUT2D eigenvalue weighted by molar-refractivity contribution is -0.121. The molecule has 0 saturated carbocycles. The number of nitrogens with zero attached hydrogens (tertiary/aromatic N) is 1. The minimum Gasteiger partial charge on any atom is -0.444 e. The van der Waals surface area contributed by atoms with E-state index in [2.05, 4.69) is 0 Å².